The molecule has 0 bridgehead atoms. The predicted octanol–water partition coefficient (Wildman–Crippen LogP) is 3.45. The van der Waals surface area contributed by atoms with E-state index < -0.39 is 5.97 Å². The zero-order chi connectivity index (χ0) is 16.7. The van der Waals surface area contributed by atoms with E-state index in [1.807, 2.05) is 37.3 Å². The fourth-order valence-corrected chi connectivity index (χ4v) is 1.95. The van der Waals surface area contributed by atoms with Crippen molar-refractivity contribution in [2.45, 2.75) is 13.5 Å². The van der Waals surface area contributed by atoms with Crippen LogP contribution in [-0.4, -0.2) is 24.7 Å². The molecule has 1 heterocycles. The molecule has 0 aliphatic carbocycles. The van der Waals surface area contributed by atoms with E-state index in [0.29, 0.717) is 24.7 Å². The zero-order valence-corrected chi connectivity index (χ0v) is 13.2. The van der Waals surface area contributed by atoms with Crippen molar-refractivity contribution in [1.82, 2.24) is 4.98 Å². The largest absolute Gasteiger partial charge is 0.492 e. The first-order chi connectivity index (χ1) is 11.2. The molecule has 5 heteroatoms. The number of esters is 1. The van der Waals surface area contributed by atoms with Gasteiger partial charge in [0.05, 0.1) is 13.7 Å². The number of hydrogen-bond acceptors (Lipinski definition) is 5. The summed E-state index contributed by atoms with van der Waals surface area (Å²) in [7, 11) is 1.32. The molecule has 1 aromatic carbocycles. The van der Waals surface area contributed by atoms with Crippen molar-refractivity contribution >= 4 is 11.7 Å². The first-order valence-corrected chi connectivity index (χ1v) is 7.23. The quantitative estimate of drug-likeness (QED) is 0.579. The number of pyridine rings is 1. The summed E-state index contributed by atoms with van der Waals surface area (Å²) in [6.45, 7) is 6.45. The molecule has 0 saturated heterocycles. The second-order valence-corrected chi connectivity index (χ2v) is 4.67. The van der Waals surface area contributed by atoms with E-state index in [0.717, 1.165) is 5.56 Å². The molecule has 5 nitrogen and oxygen atoms in total. The number of aromatic nitrogens is 1. The topological polar surface area (TPSA) is 57.7 Å². The van der Waals surface area contributed by atoms with E-state index in [1.165, 1.54) is 7.11 Å². The Kier molecular flexibility index (Phi) is 5.74. The zero-order valence-electron chi connectivity index (χ0n) is 13.2. The van der Waals surface area contributed by atoms with Crippen LogP contribution in [0.3, 0.4) is 0 Å². The molecule has 2 aromatic rings. The molecule has 0 fully saturated rings. The van der Waals surface area contributed by atoms with E-state index >= 15 is 0 Å². The molecule has 0 unspecified atom stereocenters. The highest BCUT2D eigenvalue weighted by Crippen LogP contribution is 2.22. The molecule has 0 saturated carbocycles. The number of carbonyl (C=O) groups is 1. The van der Waals surface area contributed by atoms with Crippen LogP contribution in [0.15, 0.2) is 49.0 Å². The van der Waals surface area contributed by atoms with Gasteiger partial charge in [0, 0.05) is 0 Å². The van der Waals surface area contributed by atoms with Crippen LogP contribution < -0.4 is 4.74 Å². The van der Waals surface area contributed by atoms with Crippen LogP contribution in [0.1, 0.15) is 28.5 Å². The highest BCUT2D eigenvalue weighted by molar-refractivity contribution is 5.92. The Bertz CT molecular complexity index is 683. The van der Waals surface area contributed by atoms with Crippen molar-refractivity contribution in [2.24, 2.45) is 0 Å². The molecular weight excluding hydrogens is 294 g/mol. The maximum Gasteiger partial charge on any atom is 0.343 e. The van der Waals surface area contributed by atoms with E-state index in [1.54, 1.807) is 12.1 Å². The lowest BCUT2D eigenvalue weighted by atomic mass is 10.2. The monoisotopic (exact) mass is 313 g/mol. The van der Waals surface area contributed by atoms with E-state index in [9.17, 15) is 4.79 Å². The molecule has 0 radical (unpaired) electrons. The lowest BCUT2D eigenvalue weighted by Gasteiger charge is -2.12. The summed E-state index contributed by atoms with van der Waals surface area (Å²) in [5.74, 6) is 0.113. The predicted molar refractivity (Wildman–Crippen MR) is 87.0 cm³/mol. The van der Waals surface area contributed by atoms with Gasteiger partial charge in [-0.05, 0) is 24.6 Å². The average Bonchev–Trinajstić information content (AvgIpc) is 2.60. The summed E-state index contributed by atoms with van der Waals surface area (Å²) in [5, 5.41) is 0. The summed E-state index contributed by atoms with van der Waals surface area (Å²) < 4.78 is 15.8. The van der Waals surface area contributed by atoms with Crippen LogP contribution in [0.5, 0.6) is 5.88 Å². The Morgan fingerprint density at radius 2 is 1.91 bits per heavy atom. The first kappa shape index (κ1) is 16.5. The Morgan fingerprint density at radius 3 is 2.57 bits per heavy atom. The van der Waals surface area contributed by atoms with Crippen molar-refractivity contribution in [3.05, 3.63) is 65.9 Å². The van der Waals surface area contributed by atoms with Crippen molar-refractivity contribution in [1.29, 1.82) is 0 Å². The molecule has 0 atom stereocenters. The van der Waals surface area contributed by atoms with Crippen LogP contribution >= 0.6 is 0 Å². The summed E-state index contributed by atoms with van der Waals surface area (Å²) in [4.78, 5) is 16.2. The number of methoxy groups -OCH3 is 1. The van der Waals surface area contributed by atoms with Gasteiger partial charge in [0.1, 0.15) is 23.6 Å². The van der Waals surface area contributed by atoms with Gasteiger partial charge in [0.15, 0.2) is 0 Å². The molecule has 120 valence electrons. The van der Waals surface area contributed by atoms with Gasteiger partial charge in [-0.2, -0.15) is 0 Å². The second kappa shape index (κ2) is 7.98. The Labute approximate surface area is 135 Å². The lowest BCUT2D eigenvalue weighted by molar-refractivity contribution is 0.0594. The molecule has 0 aliphatic heterocycles. The number of nitrogens with zero attached hydrogens (tertiary/aromatic N) is 1. The van der Waals surface area contributed by atoms with Crippen molar-refractivity contribution < 1.29 is 19.0 Å². The van der Waals surface area contributed by atoms with Crippen LogP contribution in [-0.2, 0) is 16.1 Å². The van der Waals surface area contributed by atoms with Crippen LogP contribution in [0, 0.1) is 0 Å². The van der Waals surface area contributed by atoms with Gasteiger partial charge in [-0.3, -0.25) is 0 Å². The van der Waals surface area contributed by atoms with Crippen LogP contribution in [0.4, 0.5) is 0 Å². The minimum atomic E-state index is -0.505. The molecule has 2 rings (SSSR count). The normalized spacial score (nSPS) is 10.0. The van der Waals surface area contributed by atoms with Gasteiger partial charge < -0.3 is 14.2 Å². The third-order valence-electron chi connectivity index (χ3n) is 3.09. The summed E-state index contributed by atoms with van der Waals surface area (Å²) in [5.41, 5.74) is 1.75. The SMILES string of the molecule is C=C(OCC)c1ccc(C(=O)OC)c(OCc2ccccc2)n1. The fraction of sp³-hybridized carbons (Fsp3) is 0.222. The summed E-state index contributed by atoms with van der Waals surface area (Å²) in [6.07, 6.45) is 0. The van der Waals surface area contributed by atoms with Crippen LogP contribution in [0.25, 0.3) is 5.76 Å². The van der Waals surface area contributed by atoms with Gasteiger partial charge >= 0.3 is 5.97 Å². The Balaban J connectivity index is 2.26. The number of ether oxygens (including phenoxy) is 3. The maximum absolute atomic E-state index is 11.9. The number of hydrogen-bond donors (Lipinski definition) is 0. The van der Waals surface area contributed by atoms with Crippen molar-refractivity contribution in [3.8, 4) is 5.88 Å². The molecule has 0 aliphatic rings. The summed E-state index contributed by atoms with van der Waals surface area (Å²) in [6, 6.07) is 12.9. The number of benzene rings is 1. The average molecular weight is 313 g/mol. The van der Waals surface area contributed by atoms with Crippen LogP contribution in [0.2, 0.25) is 0 Å². The van der Waals surface area contributed by atoms with E-state index in [-0.39, 0.29) is 11.4 Å². The lowest BCUT2D eigenvalue weighted by Crippen LogP contribution is -2.09. The third-order valence-corrected chi connectivity index (χ3v) is 3.09. The molecule has 0 N–H and O–H groups in total. The third kappa shape index (κ3) is 4.32. The van der Waals surface area contributed by atoms with Crippen molar-refractivity contribution in [2.75, 3.05) is 13.7 Å². The maximum atomic E-state index is 11.9. The molecule has 1 aromatic heterocycles. The van der Waals surface area contributed by atoms with Gasteiger partial charge in [0.25, 0.3) is 0 Å². The van der Waals surface area contributed by atoms with Gasteiger partial charge in [0.2, 0.25) is 5.88 Å². The Hall–Kier alpha value is -2.82. The van der Waals surface area contributed by atoms with E-state index in [2.05, 4.69) is 11.6 Å². The Morgan fingerprint density at radius 1 is 1.17 bits per heavy atom. The van der Waals surface area contributed by atoms with Gasteiger partial charge in [-0.1, -0.05) is 36.9 Å². The molecule has 0 spiro atoms. The second-order valence-electron chi connectivity index (χ2n) is 4.67. The van der Waals surface area contributed by atoms with Gasteiger partial charge in [-0.25, -0.2) is 9.78 Å². The molecule has 23 heavy (non-hydrogen) atoms. The minimum Gasteiger partial charge on any atom is -0.492 e. The van der Waals surface area contributed by atoms with Crippen molar-refractivity contribution in [3.63, 3.8) is 0 Å². The number of carbonyl (C=O) groups excluding carboxylic acids is 1. The smallest absolute Gasteiger partial charge is 0.343 e. The highest BCUT2D eigenvalue weighted by Gasteiger charge is 2.17. The van der Waals surface area contributed by atoms with Gasteiger partial charge in [-0.15, -0.1) is 0 Å². The molecular formula is C18H19NO4. The molecule has 0 amide bonds. The number of rotatable bonds is 7. The highest BCUT2D eigenvalue weighted by atomic mass is 16.5. The minimum absolute atomic E-state index is 0.194. The summed E-state index contributed by atoms with van der Waals surface area (Å²) >= 11 is 0. The first-order valence-electron chi connectivity index (χ1n) is 7.23. The standard InChI is InChI=1S/C18H19NO4/c1-4-22-13(2)16-11-10-15(18(20)21-3)17(19-16)23-12-14-8-6-5-7-9-14/h5-11H,2,4,12H2,1,3H3. The van der Waals surface area contributed by atoms with E-state index in [4.69, 9.17) is 14.2 Å². The fourth-order valence-electron chi connectivity index (χ4n) is 1.95.